The number of guanidine groups is 1. The zero-order chi connectivity index (χ0) is 19.1. The van der Waals surface area contributed by atoms with Crippen LogP contribution in [0.3, 0.4) is 0 Å². The van der Waals surface area contributed by atoms with Gasteiger partial charge in [-0.05, 0) is 49.6 Å². The van der Waals surface area contributed by atoms with Gasteiger partial charge in [-0.15, -0.1) is 34.2 Å². The van der Waals surface area contributed by atoms with Crippen LogP contribution in [0.1, 0.15) is 24.7 Å². The number of aromatic nitrogens is 3. The molecule has 0 radical (unpaired) electrons. The van der Waals surface area contributed by atoms with E-state index < -0.39 is 0 Å². The summed E-state index contributed by atoms with van der Waals surface area (Å²) in [7, 11) is 0. The first-order valence-electron chi connectivity index (χ1n) is 8.92. The van der Waals surface area contributed by atoms with Crippen LogP contribution in [0.15, 0.2) is 52.1 Å². The molecular weight excluding hydrogens is 538 g/mol. The number of aryl methyl sites for hydroxylation is 1. The van der Waals surface area contributed by atoms with E-state index in [2.05, 4.69) is 41.8 Å². The second kappa shape index (κ2) is 11.3. The summed E-state index contributed by atoms with van der Waals surface area (Å²) in [4.78, 5) is 4.57. The van der Waals surface area contributed by atoms with E-state index in [0.29, 0.717) is 25.5 Å². The number of rotatable bonds is 7. The number of pyridine rings is 1. The Balaban J connectivity index is 0.00000280. The minimum Gasteiger partial charge on any atom is -0.357 e. The molecule has 28 heavy (non-hydrogen) atoms. The SMILES string of the molecule is CCNC(=NCc1nnc2ccccn12)NCCCc1ccc(Br)cc1F.I. The Bertz CT molecular complexity index is 930. The molecule has 0 bridgehead atoms. The number of halogens is 3. The number of aliphatic imine (C=N–C) groups is 1. The highest BCUT2D eigenvalue weighted by atomic mass is 127. The maximum Gasteiger partial charge on any atom is 0.191 e. The molecule has 3 aromatic rings. The summed E-state index contributed by atoms with van der Waals surface area (Å²) in [5.74, 6) is 1.31. The monoisotopic (exact) mass is 560 g/mol. The molecule has 0 unspecified atom stereocenters. The summed E-state index contributed by atoms with van der Waals surface area (Å²) in [6.45, 7) is 3.89. The molecule has 6 nitrogen and oxygen atoms in total. The van der Waals surface area contributed by atoms with Crippen LogP contribution in [0.5, 0.6) is 0 Å². The van der Waals surface area contributed by atoms with Crippen LogP contribution in [0.2, 0.25) is 0 Å². The van der Waals surface area contributed by atoms with Crippen LogP contribution in [0.25, 0.3) is 5.65 Å². The van der Waals surface area contributed by atoms with E-state index in [1.54, 1.807) is 0 Å². The summed E-state index contributed by atoms with van der Waals surface area (Å²) in [6.07, 6.45) is 3.39. The molecule has 0 aliphatic rings. The molecule has 9 heteroatoms. The minimum absolute atomic E-state index is 0. The summed E-state index contributed by atoms with van der Waals surface area (Å²) < 4.78 is 16.5. The van der Waals surface area contributed by atoms with Crippen LogP contribution in [-0.4, -0.2) is 33.6 Å². The van der Waals surface area contributed by atoms with Crippen molar-refractivity contribution in [3.05, 3.63) is 64.3 Å². The first-order valence-corrected chi connectivity index (χ1v) is 9.71. The highest BCUT2D eigenvalue weighted by Crippen LogP contribution is 2.16. The maximum atomic E-state index is 13.9. The van der Waals surface area contributed by atoms with Gasteiger partial charge in [-0.1, -0.05) is 28.1 Å². The lowest BCUT2D eigenvalue weighted by Gasteiger charge is -2.11. The predicted octanol–water partition coefficient (Wildman–Crippen LogP) is 3.94. The van der Waals surface area contributed by atoms with Crippen molar-refractivity contribution in [2.45, 2.75) is 26.3 Å². The second-order valence-electron chi connectivity index (χ2n) is 6.01. The Morgan fingerprint density at radius 1 is 1.21 bits per heavy atom. The number of hydrogen-bond acceptors (Lipinski definition) is 3. The van der Waals surface area contributed by atoms with Crippen molar-refractivity contribution < 1.29 is 4.39 Å². The van der Waals surface area contributed by atoms with Gasteiger partial charge in [0.05, 0.1) is 0 Å². The van der Waals surface area contributed by atoms with Gasteiger partial charge >= 0.3 is 0 Å². The lowest BCUT2D eigenvalue weighted by molar-refractivity contribution is 0.601. The molecule has 0 aliphatic heterocycles. The zero-order valence-electron chi connectivity index (χ0n) is 15.5. The summed E-state index contributed by atoms with van der Waals surface area (Å²) in [5.41, 5.74) is 1.52. The van der Waals surface area contributed by atoms with Gasteiger partial charge in [0.1, 0.15) is 12.4 Å². The molecule has 2 heterocycles. The van der Waals surface area contributed by atoms with Crippen molar-refractivity contribution in [1.82, 2.24) is 25.2 Å². The van der Waals surface area contributed by atoms with E-state index in [1.807, 2.05) is 47.9 Å². The lowest BCUT2D eigenvalue weighted by atomic mass is 10.1. The highest BCUT2D eigenvalue weighted by Gasteiger charge is 2.05. The Morgan fingerprint density at radius 2 is 2.07 bits per heavy atom. The zero-order valence-corrected chi connectivity index (χ0v) is 19.4. The fraction of sp³-hybridized carbons (Fsp3) is 0.316. The van der Waals surface area contributed by atoms with Gasteiger partial charge in [-0.25, -0.2) is 9.38 Å². The third kappa shape index (κ3) is 6.13. The van der Waals surface area contributed by atoms with Crippen LogP contribution in [0.4, 0.5) is 4.39 Å². The number of nitrogens with zero attached hydrogens (tertiary/aromatic N) is 4. The highest BCUT2D eigenvalue weighted by molar-refractivity contribution is 14.0. The van der Waals surface area contributed by atoms with E-state index in [-0.39, 0.29) is 29.8 Å². The van der Waals surface area contributed by atoms with Gasteiger partial charge in [0, 0.05) is 23.8 Å². The first-order chi connectivity index (χ1) is 13.2. The molecule has 0 atom stereocenters. The third-order valence-electron chi connectivity index (χ3n) is 4.04. The van der Waals surface area contributed by atoms with Crippen molar-refractivity contribution >= 4 is 51.5 Å². The molecule has 0 saturated carbocycles. The van der Waals surface area contributed by atoms with Gasteiger partial charge in [0.25, 0.3) is 0 Å². The minimum atomic E-state index is -0.177. The van der Waals surface area contributed by atoms with E-state index in [9.17, 15) is 4.39 Å². The molecule has 0 amide bonds. The van der Waals surface area contributed by atoms with E-state index in [1.165, 1.54) is 6.07 Å². The van der Waals surface area contributed by atoms with Gasteiger partial charge < -0.3 is 10.6 Å². The average Bonchev–Trinajstić information content (AvgIpc) is 3.08. The van der Waals surface area contributed by atoms with Crippen LogP contribution >= 0.6 is 39.9 Å². The van der Waals surface area contributed by atoms with Crippen LogP contribution in [-0.2, 0) is 13.0 Å². The second-order valence-corrected chi connectivity index (χ2v) is 6.92. The largest absolute Gasteiger partial charge is 0.357 e. The Hall–Kier alpha value is -1.75. The molecular formula is C19H23BrFIN6. The topological polar surface area (TPSA) is 66.6 Å². The summed E-state index contributed by atoms with van der Waals surface area (Å²) >= 11 is 3.28. The molecule has 0 saturated heterocycles. The van der Waals surface area contributed by atoms with Gasteiger partial charge in [0.2, 0.25) is 0 Å². The molecule has 2 aromatic heterocycles. The van der Waals surface area contributed by atoms with Gasteiger partial charge in [0.15, 0.2) is 17.4 Å². The summed E-state index contributed by atoms with van der Waals surface area (Å²) in [6, 6.07) is 10.9. The third-order valence-corrected chi connectivity index (χ3v) is 4.53. The molecule has 0 fully saturated rings. The fourth-order valence-corrected chi connectivity index (χ4v) is 3.03. The van der Waals surface area contributed by atoms with Crippen molar-refractivity contribution in [1.29, 1.82) is 0 Å². The van der Waals surface area contributed by atoms with Crippen molar-refractivity contribution in [2.75, 3.05) is 13.1 Å². The average molecular weight is 561 g/mol. The Morgan fingerprint density at radius 3 is 2.86 bits per heavy atom. The van der Waals surface area contributed by atoms with Crippen LogP contribution < -0.4 is 10.6 Å². The normalized spacial score (nSPS) is 11.3. The lowest BCUT2D eigenvalue weighted by Crippen LogP contribution is -2.37. The molecule has 1 aromatic carbocycles. The molecule has 150 valence electrons. The van der Waals surface area contributed by atoms with Gasteiger partial charge in [-0.2, -0.15) is 0 Å². The predicted molar refractivity (Wildman–Crippen MR) is 124 cm³/mol. The van der Waals surface area contributed by atoms with Crippen molar-refractivity contribution in [3.8, 4) is 0 Å². The van der Waals surface area contributed by atoms with Crippen molar-refractivity contribution in [3.63, 3.8) is 0 Å². The number of fused-ring (bicyclic) bond motifs is 1. The molecule has 2 N–H and O–H groups in total. The van der Waals surface area contributed by atoms with E-state index in [4.69, 9.17) is 0 Å². The smallest absolute Gasteiger partial charge is 0.191 e. The van der Waals surface area contributed by atoms with Crippen LogP contribution in [0, 0.1) is 5.82 Å². The number of nitrogens with one attached hydrogen (secondary N) is 2. The van der Waals surface area contributed by atoms with Gasteiger partial charge in [-0.3, -0.25) is 4.40 Å². The number of hydrogen-bond donors (Lipinski definition) is 2. The number of benzene rings is 1. The Kier molecular flexibility index (Phi) is 9.10. The Labute approximate surface area is 189 Å². The van der Waals surface area contributed by atoms with Crippen molar-refractivity contribution in [2.24, 2.45) is 4.99 Å². The standard InChI is InChI=1S/C19H22BrFN6.HI/c1-2-22-19(23-10-5-6-14-8-9-15(20)12-16(14)21)24-13-18-26-25-17-7-3-4-11-27(17)18;/h3-4,7-9,11-12H,2,5-6,10,13H2,1H3,(H2,22,23,24);1H. The molecule has 3 rings (SSSR count). The molecule has 0 aliphatic carbocycles. The fourth-order valence-electron chi connectivity index (χ4n) is 2.70. The maximum absolute atomic E-state index is 13.9. The summed E-state index contributed by atoms with van der Waals surface area (Å²) in [5, 5.41) is 14.8. The quantitative estimate of drug-likeness (QED) is 0.199. The van der Waals surface area contributed by atoms with E-state index in [0.717, 1.165) is 34.5 Å². The first kappa shape index (κ1) is 22.5. The van der Waals surface area contributed by atoms with E-state index >= 15 is 0 Å². The molecule has 0 spiro atoms.